The first kappa shape index (κ1) is 28.1. The molecule has 0 radical (unpaired) electrons. The van der Waals surface area contributed by atoms with Gasteiger partial charge in [-0.15, -0.1) is 0 Å². The summed E-state index contributed by atoms with van der Waals surface area (Å²) in [5.74, 6) is 1.57. The van der Waals surface area contributed by atoms with Crippen molar-refractivity contribution in [3.05, 3.63) is 60.7 Å². The van der Waals surface area contributed by atoms with Gasteiger partial charge in [0.15, 0.2) is 16.6 Å². The summed E-state index contributed by atoms with van der Waals surface area (Å²) in [6.45, 7) is 9.75. The molecule has 3 aliphatic heterocycles. The number of hydrogen-bond donors (Lipinski definition) is 0. The van der Waals surface area contributed by atoms with E-state index >= 15 is 0 Å². The second-order valence-electron chi connectivity index (χ2n) is 14.0. The number of fused-ring (bicyclic) bond motifs is 3. The van der Waals surface area contributed by atoms with Crippen LogP contribution in [0.1, 0.15) is 51.4 Å². The van der Waals surface area contributed by atoms with E-state index in [1.54, 1.807) is 0 Å². The van der Waals surface area contributed by atoms with Crippen LogP contribution in [0.3, 0.4) is 0 Å². The summed E-state index contributed by atoms with van der Waals surface area (Å²) in [6, 6.07) is 24.3. The maximum Gasteiger partial charge on any atom is 0.386 e. The molecule has 212 valence electrons. The molecule has 2 aromatic rings. The summed E-state index contributed by atoms with van der Waals surface area (Å²) >= 11 is 0. The van der Waals surface area contributed by atoms with Crippen molar-refractivity contribution in [1.29, 1.82) is 0 Å². The van der Waals surface area contributed by atoms with Crippen LogP contribution in [0.2, 0.25) is 38.3 Å². The largest absolute Gasteiger partial charge is 0.430 e. The quantitative estimate of drug-likeness (QED) is 0.209. The molecule has 2 bridgehead atoms. The van der Waals surface area contributed by atoms with E-state index in [0.717, 1.165) is 11.8 Å². The van der Waals surface area contributed by atoms with Crippen molar-refractivity contribution in [2.24, 2.45) is 11.8 Å². The average Bonchev–Trinajstić information content (AvgIpc) is 3.70. The van der Waals surface area contributed by atoms with Crippen LogP contribution in [0.5, 0.6) is 0 Å². The van der Waals surface area contributed by atoms with Crippen LogP contribution in [0, 0.1) is 11.8 Å². The molecule has 3 heterocycles. The van der Waals surface area contributed by atoms with E-state index in [4.69, 9.17) is 17.7 Å². The smallest absolute Gasteiger partial charge is 0.386 e. The third-order valence-corrected chi connectivity index (χ3v) is 21.6. The number of hydrogen-bond acceptors (Lipinski definition) is 4. The average molecular weight is 581 g/mol. The predicted octanol–water partition coefficient (Wildman–Crippen LogP) is 6.60. The third-order valence-electron chi connectivity index (χ3n) is 9.67. The fraction of sp³-hybridized carbons (Fsp3) is 0.625. The monoisotopic (exact) mass is 580 g/mol. The van der Waals surface area contributed by atoms with Gasteiger partial charge in [0.25, 0.3) is 0 Å². The molecular weight excluding hydrogens is 533 g/mol. The normalized spacial score (nSPS) is 30.4. The van der Waals surface area contributed by atoms with Crippen molar-refractivity contribution in [2.75, 3.05) is 0 Å². The van der Waals surface area contributed by atoms with Crippen LogP contribution in [-0.4, -0.2) is 49.6 Å². The van der Waals surface area contributed by atoms with E-state index < -0.39 is 25.2 Å². The first-order valence-corrected chi connectivity index (χ1v) is 23.6. The van der Waals surface area contributed by atoms with E-state index in [9.17, 15) is 0 Å². The summed E-state index contributed by atoms with van der Waals surface area (Å²) < 4.78 is 27.0. The van der Waals surface area contributed by atoms with Gasteiger partial charge in [-0.05, 0) is 99.0 Å². The predicted molar refractivity (Wildman–Crippen MR) is 166 cm³/mol. The van der Waals surface area contributed by atoms with Crippen LogP contribution < -0.4 is 10.4 Å². The van der Waals surface area contributed by atoms with Crippen molar-refractivity contribution in [3.63, 3.8) is 0 Å². The Morgan fingerprint density at radius 3 is 1.64 bits per heavy atom. The minimum Gasteiger partial charge on any atom is -0.430 e. The van der Waals surface area contributed by atoms with Gasteiger partial charge in [0.2, 0.25) is 0 Å². The Kier molecular flexibility index (Phi) is 8.14. The highest BCUT2D eigenvalue weighted by atomic mass is 28.5. The first-order valence-electron chi connectivity index (χ1n) is 15.5. The lowest BCUT2D eigenvalue weighted by Gasteiger charge is -2.46. The van der Waals surface area contributed by atoms with Gasteiger partial charge in [0.1, 0.15) is 0 Å². The van der Waals surface area contributed by atoms with E-state index in [-0.39, 0.29) is 0 Å². The van der Waals surface area contributed by atoms with Gasteiger partial charge >= 0.3 is 8.56 Å². The molecule has 2 aliphatic carbocycles. The van der Waals surface area contributed by atoms with Crippen molar-refractivity contribution < 1.29 is 17.7 Å². The van der Waals surface area contributed by atoms with Gasteiger partial charge in [0, 0.05) is 0 Å². The Hall–Kier alpha value is -1.07. The van der Waals surface area contributed by atoms with Crippen molar-refractivity contribution >= 4 is 35.6 Å². The summed E-state index contributed by atoms with van der Waals surface area (Å²) in [5.41, 5.74) is 0. The first-order chi connectivity index (χ1) is 18.7. The van der Waals surface area contributed by atoms with Crippen LogP contribution >= 0.6 is 0 Å². The molecule has 4 nitrogen and oxygen atoms in total. The lowest BCUT2D eigenvalue weighted by Crippen LogP contribution is -2.70. The number of rotatable bonds is 12. The van der Waals surface area contributed by atoms with Crippen LogP contribution in [-0.2, 0) is 17.7 Å². The molecule has 2 aromatic carbocycles. The van der Waals surface area contributed by atoms with Crippen molar-refractivity contribution in [1.82, 2.24) is 0 Å². The molecular formula is C32H48O4Si3. The fourth-order valence-corrected chi connectivity index (χ4v) is 20.7. The zero-order valence-corrected chi connectivity index (χ0v) is 27.4. The minimum absolute atomic E-state index is 0.526. The highest BCUT2D eigenvalue weighted by Gasteiger charge is 2.51. The molecule has 0 amide bonds. The zero-order valence-electron chi connectivity index (χ0n) is 24.4. The van der Waals surface area contributed by atoms with E-state index in [0.29, 0.717) is 24.4 Å². The maximum absolute atomic E-state index is 7.62. The maximum atomic E-state index is 7.62. The fourth-order valence-electron chi connectivity index (χ4n) is 7.40. The van der Waals surface area contributed by atoms with Gasteiger partial charge in [-0.1, -0.05) is 73.5 Å². The van der Waals surface area contributed by atoms with Gasteiger partial charge < -0.3 is 17.7 Å². The molecule has 3 saturated heterocycles. The number of benzene rings is 2. The lowest BCUT2D eigenvalue weighted by atomic mass is 9.79. The number of epoxide rings is 1. The molecule has 0 N–H and O–H groups in total. The summed E-state index contributed by atoms with van der Waals surface area (Å²) in [5, 5.41) is 2.52. The van der Waals surface area contributed by atoms with Gasteiger partial charge in [-0.3, -0.25) is 0 Å². The second-order valence-corrected chi connectivity index (χ2v) is 26.1. The number of ether oxygens (including phenoxy) is 2. The summed E-state index contributed by atoms with van der Waals surface area (Å²) in [4.78, 5) is 0. The molecule has 2 saturated carbocycles. The van der Waals surface area contributed by atoms with Crippen molar-refractivity contribution in [2.45, 2.75) is 114 Å². The lowest BCUT2D eigenvalue weighted by molar-refractivity contribution is -0.173. The van der Waals surface area contributed by atoms with E-state index in [1.807, 2.05) is 0 Å². The summed E-state index contributed by atoms with van der Waals surface area (Å²) in [6.07, 6.45) is 12.3. The Morgan fingerprint density at radius 2 is 1.13 bits per heavy atom. The van der Waals surface area contributed by atoms with Crippen LogP contribution in [0.15, 0.2) is 60.7 Å². The molecule has 5 unspecified atom stereocenters. The second kappa shape index (κ2) is 11.3. The highest BCUT2D eigenvalue weighted by Crippen LogP contribution is 2.43. The molecule has 0 spiro atoms. The molecule has 5 atom stereocenters. The summed E-state index contributed by atoms with van der Waals surface area (Å²) in [7, 11) is -7.03. The molecule has 7 rings (SSSR count). The molecule has 5 aliphatic rings. The molecule has 0 aromatic heterocycles. The molecule has 7 heteroatoms. The Labute approximate surface area is 239 Å². The van der Waals surface area contributed by atoms with E-state index in [2.05, 4.69) is 86.9 Å². The Morgan fingerprint density at radius 1 is 0.615 bits per heavy atom. The SMILES string of the molecule is C[Si](C)(CCC1CC2CC(C1)O2)O[Si](O[Si](C)(C)CCC1CCC2OC2C1)(c1ccccc1)c1ccccc1. The van der Waals surface area contributed by atoms with Crippen LogP contribution in [0.25, 0.3) is 0 Å². The van der Waals surface area contributed by atoms with Gasteiger partial charge in [-0.25, -0.2) is 0 Å². The Balaban J connectivity index is 1.24. The topological polar surface area (TPSA) is 40.2 Å². The molecule has 5 fully saturated rings. The van der Waals surface area contributed by atoms with Gasteiger partial charge in [0.05, 0.1) is 24.4 Å². The van der Waals surface area contributed by atoms with Crippen molar-refractivity contribution in [3.8, 4) is 0 Å². The third kappa shape index (κ3) is 6.71. The van der Waals surface area contributed by atoms with Gasteiger partial charge in [-0.2, -0.15) is 0 Å². The standard InChI is InChI=1S/C32H48O4Si3/c1-37(2,19-17-25-15-16-31-32(23-25)34-31)35-39(29-11-7-5-8-12-29,30-13-9-6-10-14-30)36-38(3,4)20-18-26-21-27-24-28(22-26)33-27/h5-14,25-28,31-32H,15-24H2,1-4H3. The minimum atomic E-state index is -2.93. The van der Waals surface area contributed by atoms with Crippen LogP contribution in [0.4, 0.5) is 0 Å². The zero-order chi connectivity index (χ0) is 27.1. The highest BCUT2D eigenvalue weighted by molar-refractivity contribution is 7.02. The Bertz CT molecular complexity index is 1010. The van der Waals surface area contributed by atoms with E-state index in [1.165, 1.54) is 73.8 Å². The molecule has 39 heavy (non-hydrogen) atoms.